The molecule has 1 N–H and O–H groups in total. The summed E-state index contributed by atoms with van der Waals surface area (Å²) in [5.74, 6) is -0.391. The van der Waals surface area contributed by atoms with E-state index < -0.39 is 0 Å². The Kier molecular flexibility index (Phi) is 2.73. The lowest BCUT2D eigenvalue weighted by Crippen LogP contribution is -2.32. The van der Waals surface area contributed by atoms with Crippen molar-refractivity contribution in [2.45, 2.75) is 13.3 Å². The quantitative estimate of drug-likeness (QED) is 0.670. The summed E-state index contributed by atoms with van der Waals surface area (Å²) in [6.45, 7) is 1.42. The summed E-state index contributed by atoms with van der Waals surface area (Å²) in [4.78, 5) is 37.9. The minimum absolute atomic E-state index is 0.105. The van der Waals surface area contributed by atoms with Crippen LogP contribution in [0.3, 0.4) is 0 Å². The highest BCUT2D eigenvalue weighted by atomic mass is 16.2. The smallest absolute Gasteiger partial charge is 0.238 e. The maximum atomic E-state index is 12.7. The van der Waals surface area contributed by atoms with Crippen molar-refractivity contribution < 1.29 is 14.4 Å². The molecule has 3 amide bonds. The van der Waals surface area contributed by atoms with Crippen LogP contribution < -0.4 is 10.2 Å². The van der Waals surface area contributed by atoms with E-state index in [0.717, 1.165) is 6.42 Å². The number of benzene rings is 1. The molecule has 4 atom stereocenters. The van der Waals surface area contributed by atoms with Crippen LogP contribution in [0.1, 0.15) is 13.3 Å². The molecule has 5 nitrogen and oxygen atoms in total. The average Bonchev–Trinajstić information content (AvgIpc) is 3.12. The van der Waals surface area contributed by atoms with E-state index in [1.165, 1.54) is 11.8 Å². The number of allylic oxidation sites excluding steroid dienone is 2. The van der Waals surface area contributed by atoms with Gasteiger partial charge < -0.3 is 5.32 Å². The summed E-state index contributed by atoms with van der Waals surface area (Å²) in [6, 6.07) is 6.88. The van der Waals surface area contributed by atoms with E-state index >= 15 is 0 Å². The van der Waals surface area contributed by atoms with Crippen LogP contribution in [-0.4, -0.2) is 17.7 Å². The topological polar surface area (TPSA) is 66.5 Å². The van der Waals surface area contributed by atoms with Crippen LogP contribution in [0.15, 0.2) is 36.4 Å². The van der Waals surface area contributed by atoms with Gasteiger partial charge in [0.15, 0.2) is 0 Å². The lowest BCUT2D eigenvalue weighted by molar-refractivity contribution is -0.123. The number of nitrogens with one attached hydrogen (secondary N) is 1. The van der Waals surface area contributed by atoms with Gasteiger partial charge in [0.2, 0.25) is 17.7 Å². The lowest BCUT2D eigenvalue weighted by Gasteiger charge is -2.18. The highest BCUT2D eigenvalue weighted by molar-refractivity contribution is 6.23. The Morgan fingerprint density at radius 3 is 2.36 bits per heavy atom. The second-order valence-corrected chi connectivity index (χ2v) is 6.24. The van der Waals surface area contributed by atoms with Gasteiger partial charge in [0, 0.05) is 12.6 Å². The van der Waals surface area contributed by atoms with Gasteiger partial charge >= 0.3 is 0 Å². The Bertz CT molecular complexity index is 694. The molecule has 0 radical (unpaired) electrons. The van der Waals surface area contributed by atoms with Gasteiger partial charge in [-0.3, -0.25) is 14.4 Å². The number of imide groups is 1. The number of amides is 3. The number of hydrogen-bond acceptors (Lipinski definition) is 3. The first-order chi connectivity index (χ1) is 10.6. The van der Waals surface area contributed by atoms with Crippen molar-refractivity contribution in [2.24, 2.45) is 23.7 Å². The lowest BCUT2D eigenvalue weighted by atomic mass is 9.85. The number of carbonyl (C=O) groups excluding carboxylic acids is 3. The van der Waals surface area contributed by atoms with Crippen LogP contribution in [0, 0.1) is 23.7 Å². The summed E-state index contributed by atoms with van der Waals surface area (Å²) in [7, 11) is 0. The summed E-state index contributed by atoms with van der Waals surface area (Å²) >= 11 is 0. The number of hydrogen-bond donors (Lipinski definition) is 1. The van der Waals surface area contributed by atoms with Crippen molar-refractivity contribution in [3.05, 3.63) is 36.4 Å². The van der Waals surface area contributed by atoms with Crippen LogP contribution in [0.5, 0.6) is 0 Å². The molecule has 0 aromatic heterocycles. The van der Waals surface area contributed by atoms with E-state index in [4.69, 9.17) is 0 Å². The van der Waals surface area contributed by atoms with Gasteiger partial charge in [-0.25, -0.2) is 4.90 Å². The molecule has 3 aliphatic rings. The molecule has 0 spiro atoms. The molecule has 1 aromatic rings. The van der Waals surface area contributed by atoms with Gasteiger partial charge in [-0.15, -0.1) is 0 Å². The van der Waals surface area contributed by atoms with Crippen LogP contribution in [-0.2, 0) is 14.4 Å². The summed E-state index contributed by atoms with van der Waals surface area (Å²) in [5, 5.41) is 2.68. The van der Waals surface area contributed by atoms with Crippen LogP contribution in [0.2, 0.25) is 0 Å². The van der Waals surface area contributed by atoms with E-state index in [9.17, 15) is 14.4 Å². The molecular formula is C17H16N2O3. The van der Waals surface area contributed by atoms with E-state index in [1.807, 2.05) is 0 Å². The van der Waals surface area contributed by atoms with E-state index in [1.54, 1.807) is 24.3 Å². The van der Waals surface area contributed by atoms with Crippen LogP contribution in [0.4, 0.5) is 11.4 Å². The number of fused-ring (bicyclic) bond motifs is 5. The fourth-order valence-electron chi connectivity index (χ4n) is 4.08. The van der Waals surface area contributed by atoms with Gasteiger partial charge in [-0.05, 0) is 36.5 Å². The second kappa shape index (κ2) is 4.53. The molecule has 1 heterocycles. The van der Waals surface area contributed by atoms with Gasteiger partial charge in [-0.2, -0.15) is 0 Å². The molecule has 2 bridgehead atoms. The number of rotatable bonds is 2. The molecule has 2 aliphatic carbocycles. The average molecular weight is 296 g/mol. The van der Waals surface area contributed by atoms with E-state index in [0.29, 0.717) is 11.4 Å². The first-order valence-corrected chi connectivity index (χ1v) is 7.50. The minimum atomic E-state index is -0.202. The Morgan fingerprint density at radius 1 is 1.14 bits per heavy atom. The van der Waals surface area contributed by atoms with Crippen LogP contribution in [0.25, 0.3) is 0 Å². The van der Waals surface area contributed by atoms with Crippen molar-refractivity contribution in [3.8, 4) is 0 Å². The molecule has 0 unspecified atom stereocenters. The van der Waals surface area contributed by atoms with Crippen molar-refractivity contribution in [1.29, 1.82) is 0 Å². The summed E-state index contributed by atoms with van der Waals surface area (Å²) in [5.41, 5.74) is 1.12. The van der Waals surface area contributed by atoms with E-state index in [-0.39, 0.29) is 41.4 Å². The van der Waals surface area contributed by atoms with Gasteiger partial charge in [0.25, 0.3) is 0 Å². The molecule has 5 heteroatoms. The molecule has 4 rings (SSSR count). The highest BCUT2D eigenvalue weighted by Crippen LogP contribution is 2.53. The fourth-order valence-corrected chi connectivity index (χ4v) is 4.08. The van der Waals surface area contributed by atoms with E-state index in [2.05, 4.69) is 17.5 Å². The zero-order chi connectivity index (χ0) is 15.4. The SMILES string of the molecule is CC(=O)Nc1cccc(N2C(=O)[C@H]3[C@H](C2=O)[C@H]2C=C[C@H]3C2)c1. The maximum Gasteiger partial charge on any atom is 0.238 e. The molecule has 22 heavy (non-hydrogen) atoms. The predicted octanol–water partition coefficient (Wildman–Crippen LogP) is 1.96. The number of carbonyl (C=O) groups is 3. The maximum absolute atomic E-state index is 12.7. The standard InChI is InChI=1S/C17H16N2O3/c1-9(20)18-12-3-2-4-13(8-12)19-16(21)14-10-5-6-11(7-10)15(14)17(19)22/h2-6,8,10-11,14-15H,7H2,1H3,(H,18,20)/t10-,11-,14+,15+/m0/s1. The molecule has 2 fully saturated rings. The molecule has 1 aromatic carbocycles. The zero-order valence-electron chi connectivity index (χ0n) is 12.2. The highest BCUT2D eigenvalue weighted by Gasteiger charge is 2.59. The number of nitrogens with zero attached hydrogens (tertiary/aromatic N) is 1. The van der Waals surface area contributed by atoms with Gasteiger partial charge in [0.05, 0.1) is 17.5 Å². The monoisotopic (exact) mass is 296 g/mol. The third-order valence-electron chi connectivity index (χ3n) is 4.90. The molecule has 112 valence electrons. The predicted molar refractivity (Wildman–Crippen MR) is 81.0 cm³/mol. The fraction of sp³-hybridized carbons (Fsp3) is 0.353. The van der Waals surface area contributed by atoms with Gasteiger partial charge in [0.1, 0.15) is 0 Å². The Labute approximate surface area is 128 Å². The van der Waals surface area contributed by atoms with Crippen molar-refractivity contribution in [1.82, 2.24) is 0 Å². The Balaban J connectivity index is 1.68. The molecule has 1 aliphatic heterocycles. The molecular weight excluding hydrogens is 280 g/mol. The van der Waals surface area contributed by atoms with Crippen molar-refractivity contribution in [2.75, 3.05) is 10.2 Å². The normalized spacial score (nSPS) is 31.8. The summed E-state index contributed by atoms with van der Waals surface area (Å²) < 4.78 is 0. The van der Waals surface area contributed by atoms with Crippen molar-refractivity contribution in [3.63, 3.8) is 0 Å². The largest absolute Gasteiger partial charge is 0.326 e. The van der Waals surface area contributed by atoms with Gasteiger partial charge in [-0.1, -0.05) is 18.2 Å². The van der Waals surface area contributed by atoms with Crippen molar-refractivity contribution >= 4 is 29.1 Å². The molecule has 1 saturated heterocycles. The Morgan fingerprint density at radius 2 is 1.77 bits per heavy atom. The van der Waals surface area contributed by atoms with Crippen LogP contribution >= 0.6 is 0 Å². The second-order valence-electron chi connectivity index (χ2n) is 6.24. The third kappa shape index (κ3) is 1.75. The zero-order valence-corrected chi connectivity index (χ0v) is 12.2. The first-order valence-electron chi connectivity index (χ1n) is 7.50. The minimum Gasteiger partial charge on any atom is -0.326 e. The summed E-state index contributed by atoms with van der Waals surface area (Å²) in [6.07, 6.45) is 5.08. The first kappa shape index (κ1) is 13.2. The Hall–Kier alpha value is -2.43. The molecule has 1 saturated carbocycles. The third-order valence-corrected chi connectivity index (χ3v) is 4.90. The number of anilines is 2.